The van der Waals surface area contributed by atoms with E-state index in [0.717, 1.165) is 56.6 Å². The fourth-order valence-corrected chi connectivity index (χ4v) is 4.40. The number of hydrogen-bond acceptors (Lipinski definition) is 4. The van der Waals surface area contributed by atoms with E-state index in [9.17, 15) is 9.59 Å². The molecule has 2 aliphatic heterocycles. The van der Waals surface area contributed by atoms with Gasteiger partial charge in [0.05, 0.1) is 19.7 Å². The van der Waals surface area contributed by atoms with E-state index < -0.39 is 0 Å². The Bertz CT molecular complexity index is 728. The molecule has 1 aromatic rings. The van der Waals surface area contributed by atoms with Gasteiger partial charge in [-0.1, -0.05) is 26.0 Å². The zero-order chi connectivity index (χ0) is 21.7. The van der Waals surface area contributed by atoms with Crippen LogP contribution in [0.3, 0.4) is 0 Å². The number of nitrogens with zero attached hydrogens (tertiary/aromatic N) is 2. The topological polar surface area (TPSA) is 61.9 Å². The highest BCUT2D eigenvalue weighted by Gasteiger charge is 2.32. The number of amides is 2. The molecule has 0 aliphatic carbocycles. The quantitative estimate of drug-likeness (QED) is 0.743. The molecule has 6 nitrogen and oxygen atoms in total. The van der Waals surface area contributed by atoms with E-state index in [-0.39, 0.29) is 29.8 Å². The van der Waals surface area contributed by atoms with Crippen molar-refractivity contribution in [3.8, 4) is 5.75 Å². The highest BCUT2D eigenvalue weighted by Crippen LogP contribution is 2.33. The Kier molecular flexibility index (Phi) is 7.75. The molecule has 2 aliphatic rings. The molecule has 1 aromatic carbocycles. The van der Waals surface area contributed by atoms with Crippen LogP contribution >= 0.6 is 0 Å². The molecule has 2 amide bonds. The number of piperidine rings is 1. The molecule has 2 fully saturated rings. The Morgan fingerprint density at radius 1 is 1.13 bits per heavy atom. The molecule has 2 heterocycles. The van der Waals surface area contributed by atoms with Gasteiger partial charge in [-0.15, -0.1) is 0 Å². The van der Waals surface area contributed by atoms with Crippen LogP contribution in [-0.2, 0) is 9.59 Å². The van der Waals surface area contributed by atoms with Crippen molar-refractivity contribution in [2.75, 3.05) is 33.3 Å². The summed E-state index contributed by atoms with van der Waals surface area (Å²) in [4.78, 5) is 29.8. The molecule has 0 bridgehead atoms. The fraction of sp³-hybridized carbons (Fsp3) is 0.667. The molecule has 0 spiro atoms. The van der Waals surface area contributed by atoms with Crippen LogP contribution in [0, 0.1) is 11.8 Å². The SMILES string of the molecule is COc1cccc(C2CCCN2C(=O)CN2CCC(C(=O)NC(C)C(C)C)CC2)c1. The minimum atomic E-state index is 0.0638. The van der Waals surface area contributed by atoms with Crippen LogP contribution in [0.4, 0.5) is 0 Å². The van der Waals surface area contributed by atoms with Crippen molar-refractivity contribution >= 4 is 11.8 Å². The molecule has 1 N–H and O–H groups in total. The number of methoxy groups -OCH3 is 1. The fourth-order valence-electron chi connectivity index (χ4n) is 4.40. The zero-order valence-corrected chi connectivity index (χ0v) is 18.9. The number of likely N-dealkylation sites (tertiary alicyclic amines) is 2. The third-order valence-electron chi connectivity index (χ3n) is 6.74. The lowest BCUT2D eigenvalue weighted by molar-refractivity contribution is -0.134. The lowest BCUT2D eigenvalue weighted by atomic mass is 9.94. The van der Waals surface area contributed by atoms with Crippen molar-refractivity contribution in [2.45, 2.75) is 58.5 Å². The zero-order valence-electron chi connectivity index (χ0n) is 18.9. The second-order valence-corrected chi connectivity index (χ2v) is 9.11. The Hall–Kier alpha value is -2.08. The van der Waals surface area contributed by atoms with Crippen molar-refractivity contribution in [1.82, 2.24) is 15.1 Å². The average Bonchev–Trinajstić information content (AvgIpc) is 3.24. The number of hydrogen-bond donors (Lipinski definition) is 1. The maximum atomic E-state index is 13.1. The maximum absolute atomic E-state index is 13.1. The number of rotatable bonds is 7. The van der Waals surface area contributed by atoms with Crippen molar-refractivity contribution < 1.29 is 14.3 Å². The van der Waals surface area contributed by atoms with Gasteiger partial charge in [-0.25, -0.2) is 0 Å². The van der Waals surface area contributed by atoms with E-state index in [1.165, 1.54) is 0 Å². The van der Waals surface area contributed by atoms with Crippen LogP contribution in [0.25, 0.3) is 0 Å². The average molecular weight is 416 g/mol. The third kappa shape index (κ3) is 5.54. The van der Waals surface area contributed by atoms with Crippen molar-refractivity contribution in [2.24, 2.45) is 11.8 Å². The monoisotopic (exact) mass is 415 g/mol. The second-order valence-electron chi connectivity index (χ2n) is 9.11. The minimum absolute atomic E-state index is 0.0638. The van der Waals surface area contributed by atoms with Gasteiger partial charge in [0.25, 0.3) is 0 Å². The van der Waals surface area contributed by atoms with Crippen LogP contribution in [-0.4, -0.2) is 60.9 Å². The first kappa shape index (κ1) is 22.6. The van der Waals surface area contributed by atoms with Crippen LogP contribution in [0.2, 0.25) is 0 Å². The number of nitrogens with one attached hydrogen (secondary N) is 1. The predicted octanol–water partition coefficient (Wildman–Crippen LogP) is 3.23. The summed E-state index contributed by atoms with van der Waals surface area (Å²) >= 11 is 0. The first-order valence-corrected chi connectivity index (χ1v) is 11.3. The van der Waals surface area contributed by atoms with Gasteiger partial charge in [0, 0.05) is 18.5 Å². The van der Waals surface area contributed by atoms with E-state index in [1.54, 1.807) is 7.11 Å². The van der Waals surface area contributed by atoms with Gasteiger partial charge in [0.15, 0.2) is 0 Å². The van der Waals surface area contributed by atoms with Gasteiger partial charge in [-0.3, -0.25) is 14.5 Å². The number of ether oxygens (including phenoxy) is 1. The molecule has 0 aromatic heterocycles. The molecule has 2 atom stereocenters. The summed E-state index contributed by atoms with van der Waals surface area (Å²) in [5.74, 6) is 1.69. The van der Waals surface area contributed by atoms with Crippen molar-refractivity contribution in [1.29, 1.82) is 0 Å². The largest absolute Gasteiger partial charge is 0.497 e. The maximum Gasteiger partial charge on any atom is 0.237 e. The van der Waals surface area contributed by atoms with E-state index in [2.05, 4.69) is 37.1 Å². The van der Waals surface area contributed by atoms with Crippen LogP contribution < -0.4 is 10.1 Å². The molecular formula is C24H37N3O3. The molecule has 3 rings (SSSR count). The molecule has 6 heteroatoms. The van der Waals surface area contributed by atoms with E-state index >= 15 is 0 Å². The third-order valence-corrected chi connectivity index (χ3v) is 6.74. The number of carbonyl (C=O) groups excluding carboxylic acids is 2. The normalized spacial score (nSPS) is 21.6. The first-order valence-electron chi connectivity index (χ1n) is 11.3. The smallest absolute Gasteiger partial charge is 0.237 e. The lowest BCUT2D eigenvalue weighted by Gasteiger charge is -2.34. The van der Waals surface area contributed by atoms with Gasteiger partial charge in [-0.2, -0.15) is 0 Å². The molecule has 2 saturated heterocycles. The summed E-state index contributed by atoms with van der Waals surface area (Å²) in [6.45, 7) is 9.16. The molecule has 166 valence electrons. The standard InChI is InChI=1S/C24H37N3O3/c1-17(2)18(3)25-24(29)19-10-13-26(14-11-19)16-23(28)27-12-6-9-22(27)20-7-5-8-21(15-20)30-4/h5,7-8,15,17-19,22H,6,9-14,16H2,1-4H3,(H,25,29). The van der Waals surface area contributed by atoms with E-state index in [4.69, 9.17) is 4.74 Å². The minimum Gasteiger partial charge on any atom is -0.497 e. The lowest BCUT2D eigenvalue weighted by Crippen LogP contribution is -2.47. The Labute approximate surface area is 180 Å². The van der Waals surface area contributed by atoms with Gasteiger partial charge < -0.3 is 15.0 Å². The number of carbonyl (C=O) groups is 2. The Balaban J connectivity index is 1.51. The summed E-state index contributed by atoms with van der Waals surface area (Å²) in [7, 11) is 1.67. The van der Waals surface area contributed by atoms with Gasteiger partial charge >= 0.3 is 0 Å². The number of benzene rings is 1. The summed E-state index contributed by atoms with van der Waals surface area (Å²) in [6, 6.07) is 8.38. The molecule has 0 saturated carbocycles. The van der Waals surface area contributed by atoms with Gasteiger partial charge in [-0.05, 0) is 69.3 Å². The van der Waals surface area contributed by atoms with Crippen molar-refractivity contribution in [3.63, 3.8) is 0 Å². The summed E-state index contributed by atoms with van der Waals surface area (Å²) in [6.07, 6.45) is 3.67. The molecule has 0 radical (unpaired) electrons. The van der Waals surface area contributed by atoms with Crippen LogP contribution in [0.15, 0.2) is 24.3 Å². The first-order chi connectivity index (χ1) is 14.4. The second kappa shape index (κ2) is 10.3. The van der Waals surface area contributed by atoms with E-state index in [0.29, 0.717) is 12.5 Å². The van der Waals surface area contributed by atoms with Gasteiger partial charge in [0.2, 0.25) is 11.8 Å². The van der Waals surface area contributed by atoms with Crippen LogP contribution in [0.1, 0.15) is 58.1 Å². The highest BCUT2D eigenvalue weighted by atomic mass is 16.5. The van der Waals surface area contributed by atoms with Gasteiger partial charge in [0.1, 0.15) is 5.75 Å². The highest BCUT2D eigenvalue weighted by molar-refractivity contribution is 5.80. The molecular weight excluding hydrogens is 378 g/mol. The summed E-state index contributed by atoms with van der Waals surface area (Å²) in [5, 5.41) is 3.14. The Morgan fingerprint density at radius 3 is 2.53 bits per heavy atom. The van der Waals surface area contributed by atoms with Crippen molar-refractivity contribution in [3.05, 3.63) is 29.8 Å². The van der Waals surface area contributed by atoms with E-state index in [1.807, 2.05) is 23.1 Å². The van der Waals surface area contributed by atoms with Crippen LogP contribution in [0.5, 0.6) is 5.75 Å². The molecule has 30 heavy (non-hydrogen) atoms. The summed E-state index contributed by atoms with van der Waals surface area (Å²) < 4.78 is 5.35. The summed E-state index contributed by atoms with van der Waals surface area (Å²) in [5.41, 5.74) is 1.15. The molecule has 2 unspecified atom stereocenters. The Morgan fingerprint density at radius 2 is 1.87 bits per heavy atom. The predicted molar refractivity (Wildman–Crippen MR) is 118 cm³/mol.